The zero-order valence-corrected chi connectivity index (χ0v) is 8.81. The summed E-state index contributed by atoms with van der Waals surface area (Å²) in [5.74, 6) is 2.06. The third kappa shape index (κ3) is 3.60. The van der Waals surface area contributed by atoms with E-state index in [4.69, 9.17) is 0 Å². The van der Waals surface area contributed by atoms with E-state index in [-0.39, 0.29) is 0 Å². The first-order valence-corrected chi connectivity index (χ1v) is 5.83. The lowest BCUT2D eigenvalue weighted by atomic mass is 9.84. The fraction of sp³-hybridized carbons (Fsp3) is 1.00. The Hall–Kier alpha value is 0. The molecule has 0 aromatic carbocycles. The van der Waals surface area contributed by atoms with Crippen LogP contribution in [0.25, 0.3) is 0 Å². The van der Waals surface area contributed by atoms with E-state index >= 15 is 0 Å². The van der Waals surface area contributed by atoms with Gasteiger partial charge in [-0.25, -0.2) is 0 Å². The summed E-state index contributed by atoms with van der Waals surface area (Å²) in [6.07, 6.45) is 11.9. The first-order valence-electron chi connectivity index (χ1n) is 5.83. The summed E-state index contributed by atoms with van der Waals surface area (Å²) < 4.78 is 0. The van der Waals surface area contributed by atoms with Crippen LogP contribution in [0, 0.1) is 11.8 Å². The number of hydrogen-bond donors (Lipinski definition) is 0. The quantitative estimate of drug-likeness (QED) is 0.584. The SMILES string of the molecule is CC[C@@H](C)CCC1CCCCC1. The van der Waals surface area contributed by atoms with Crippen LogP contribution in [0.1, 0.15) is 65.2 Å². The van der Waals surface area contributed by atoms with Crippen LogP contribution >= 0.6 is 0 Å². The van der Waals surface area contributed by atoms with Crippen molar-refractivity contribution in [2.75, 3.05) is 0 Å². The summed E-state index contributed by atoms with van der Waals surface area (Å²) >= 11 is 0. The van der Waals surface area contributed by atoms with Crippen molar-refractivity contribution in [1.29, 1.82) is 0 Å². The third-order valence-electron chi connectivity index (χ3n) is 3.49. The van der Waals surface area contributed by atoms with Crippen LogP contribution in [-0.2, 0) is 0 Å². The van der Waals surface area contributed by atoms with E-state index in [1.807, 2.05) is 0 Å². The molecule has 0 aliphatic heterocycles. The van der Waals surface area contributed by atoms with Crippen molar-refractivity contribution in [2.24, 2.45) is 11.8 Å². The topological polar surface area (TPSA) is 0 Å². The largest absolute Gasteiger partial charge is 0.0651 e. The second kappa shape index (κ2) is 5.61. The van der Waals surface area contributed by atoms with E-state index in [1.54, 1.807) is 0 Å². The summed E-state index contributed by atoms with van der Waals surface area (Å²) in [7, 11) is 0. The van der Waals surface area contributed by atoms with E-state index in [0.717, 1.165) is 11.8 Å². The monoisotopic (exact) mass is 168 g/mol. The van der Waals surface area contributed by atoms with E-state index in [1.165, 1.54) is 51.4 Å². The smallest absolute Gasteiger partial charge is 0.0414 e. The molecular weight excluding hydrogens is 144 g/mol. The average molecular weight is 168 g/mol. The van der Waals surface area contributed by atoms with Crippen molar-refractivity contribution in [3.63, 3.8) is 0 Å². The van der Waals surface area contributed by atoms with Crippen molar-refractivity contribution < 1.29 is 0 Å². The lowest BCUT2D eigenvalue weighted by Crippen LogP contribution is -2.07. The lowest BCUT2D eigenvalue weighted by molar-refractivity contribution is 0.311. The number of rotatable bonds is 4. The Labute approximate surface area is 77.7 Å². The van der Waals surface area contributed by atoms with Crippen LogP contribution in [0.2, 0.25) is 0 Å². The van der Waals surface area contributed by atoms with Gasteiger partial charge in [-0.2, -0.15) is 0 Å². The molecule has 0 saturated heterocycles. The summed E-state index contributed by atoms with van der Waals surface area (Å²) in [6.45, 7) is 4.70. The minimum absolute atomic E-state index is 0.965. The minimum atomic E-state index is 0.965. The molecule has 0 spiro atoms. The average Bonchev–Trinajstić information content (AvgIpc) is 2.16. The molecule has 72 valence electrons. The minimum Gasteiger partial charge on any atom is -0.0651 e. The van der Waals surface area contributed by atoms with Gasteiger partial charge < -0.3 is 0 Å². The van der Waals surface area contributed by atoms with Gasteiger partial charge in [0.2, 0.25) is 0 Å². The molecule has 0 aromatic heterocycles. The first kappa shape index (κ1) is 10.1. The Bertz CT molecular complexity index is 101. The van der Waals surface area contributed by atoms with Crippen molar-refractivity contribution in [2.45, 2.75) is 65.2 Å². The highest BCUT2D eigenvalue weighted by Crippen LogP contribution is 2.28. The lowest BCUT2D eigenvalue weighted by Gasteiger charge is -2.22. The van der Waals surface area contributed by atoms with Gasteiger partial charge in [0.15, 0.2) is 0 Å². The van der Waals surface area contributed by atoms with Gasteiger partial charge in [-0.05, 0) is 11.8 Å². The molecule has 1 aliphatic rings. The van der Waals surface area contributed by atoms with Gasteiger partial charge in [-0.1, -0.05) is 65.2 Å². The van der Waals surface area contributed by atoms with Gasteiger partial charge in [0.05, 0.1) is 0 Å². The summed E-state index contributed by atoms with van der Waals surface area (Å²) in [6, 6.07) is 0. The molecule has 1 atom stereocenters. The fourth-order valence-corrected chi connectivity index (χ4v) is 2.20. The summed E-state index contributed by atoms with van der Waals surface area (Å²) in [5, 5.41) is 0. The maximum atomic E-state index is 2.39. The maximum absolute atomic E-state index is 2.39. The highest BCUT2D eigenvalue weighted by molar-refractivity contribution is 4.66. The molecule has 1 aliphatic carbocycles. The zero-order chi connectivity index (χ0) is 8.81. The summed E-state index contributed by atoms with van der Waals surface area (Å²) in [4.78, 5) is 0. The molecule has 0 amide bonds. The van der Waals surface area contributed by atoms with Gasteiger partial charge in [-0.15, -0.1) is 0 Å². The molecule has 0 heteroatoms. The molecule has 12 heavy (non-hydrogen) atoms. The van der Waals surface area contributed by atoms with Crippen molar-refractivity contribution in [1.82, 2.24) is 0 Å². The molecule has 1 rings (SSSR count). The predicted octanol–water partition coefficient (Wildman–Crippen LogP) is 4.39. The Morgan fingerprint density at radius 3 is 2.42 bits per heavy atom. The molecule has 1 fully saturated rings. The molecule has 0 heterocycles. The van der Waals surface area contributed by atoms with Gasteiger partial charge in [-0.3, -0.25) is 0 Å². The summed E-state index contributed by atoms with van der Waals surface area (Å²) in [5.41, 5.74) is 0. The Kier molecular flexibility index (Phi) is 4.72. The first-order chi connectivity index (χ1) is 5.83. The Morgan fingerprint density at radius 1 is 1.17 bits per heavy atom. The third-order valence-corrected chi connectivity index (χ3v) is 3.49. The van der Waals surface area contributed by atoms with Crippen LogP contribution in [0.4, 0.5) is 0 Å². The second-order valence-corrected chi connectivity index (χ2v) is 4.59. The van der Waals surface area contributed by atoms with Crippen LogP contribution in [-0.4, -0.2) is 0 Å². The molecule has 0 unspecified atom stereocenters. The molecular formula is C12H24. The van der Waals surface area contributed by atoms with E-state index in [9.17, 15) is 0 Å². The van der Waals surface area contributed by atoms with Gasteiger partial charge in [0.1, 0.15) is 0 Å². The van der Waals surface area contributed by atoms with Crippen molar-refractivity contribution in [3.05, 3.63) is 0 Å². The Balaban J connectivity index is 2.05. The van der Waals surface area contributed by atoms with Crippen molar-refractivity contribution in [3.8, 4) is 0 Å². The van der Waals surface area contributed by atoms with Crippen LogP contribution in [0.15, 0.2) is 0 Å². The van der Waals surface area contributed by atoms with E-state index in [2.05, 4.69) is 13.8 Å². The van der Waals surface area contributed by atoms with Gasteiger partial charge in [0.25, 0.3) is 0 Å². The normalized spacial score (nSPS) is 22.5. The molecule has 0 radical (unpaired) electrons. The maximum Gasteiger partial charge on any atom is -0.0414 e. The van der Waals surface area contributed by atoms with Crippen LogP contribution < -0.4 is 0 Å². The van der Waals surface area contributed by atoms with Crippen molar-refractivity contribution >= 4 is 0 Å². The highest BCUT2D eigenvalue weighted by atomic mass is 14.2. The zero-order valence-electron chi connectivity index (χ0n) is 8.81. The molecule has 0 bridgehead atoms. The van der Waals surface area contributed by atoms with E-state index < -0.39 is 0 Å². The highest BCUT2D eigenvalue weighted by Gasteiger charge is 2.13. The van der Waals surface area contributed by atoms with Crippen LogP contribution in [0.5, 0.6) is 0 Å². The number of hydrogen-bond acceptors (Lipinski definition) is 0. The predicted molar refractivity (Wildman–Crippen MR) is 55.3 cm³/mol. The standard InChI is InChI=1S/C12H24/c1-3-11(2)9-10-12-7-5-4-6-8-12/h11-12H,3-10H2,1-2H3/t11-/m1/s1. The molecule has 0 aromatic rings. The van der Waals surface area contributed by atoms with Crippen LogP contribution in [0.3, 0.4) is 0 Å². The molecule has 0 nitrogen and oxygen atoms in total. The Morgan fingerprint density at radius 2 is 1.83 bits per heavy atom. The molecule has 0 N–H and O–H groups in total. The van der Waals surface area contributed by atoms with Gasteiger partial charge in [0, 0.05) is 0 Å². The van der Waals surface area contributed by atoms with E-state index in [0.29, 0.717) is 0 Å². The van der Waals surface area contributed by atoms with Gasteiger partial charge >= 0.3 is 0 Å². The second-order valence-electron chi connectivity index (χ2n) is 4.59. The molecule has 1 saturated carbocycles. The fourth-order valence-electron chi connectivity index (χ4n) is 2.20.